The average Bonchev–Trinajstić information content (AvgIpc) is 2.70. The smallest absolute Gasteiger partial charge is 0.178 e. The lowest BCUT2D eigenvalue weighted by Crippen LogP contribution is -2.02. The first-order valence-electron chi connectivity index (χ1n) is 4.78. The molecule has 0 spiro atoms. The van der Waals surface area contributed by atoms with Gasteiger partial charge in [-0.05, 0) is 29.1 Å². The highest BCUT2D eigenvalue weighted by Crippen LogP contribution is 2.24. The molecular formula is C12H7Cl2FOS. The number of carbonyl (C=O) groups is 1. The van der Waals surface area contributed by atoms with E-state index in [0.717, 1.165) is 0 Å². The predicted molar refractivity (Wildman–Crippen MR) is 68.8 cm³/mol. The maximum atomic E-state index is 12.9. The topological polar surface area (TPSA) is 17.1 Å². The van der Waals surface area contributed by atoms with Crippen LogP contribution in [0, 0.1) is 5.82 Å². The Balaban J connectivity index is 2.19. The lowest BCUT2D eigenvalue weighted by molar-refractivity contribution is 0.0997. The number of benzene rings is 1. The van der Waals surface area contributed by atoms with E-state index in [1.165, 1.54) is 23.5 Å². The van der Waals surface area contributed by atoms with Crippen LogP contribution in [0.25, 0.3) is 0 Å². The first-order chi connectivity index (χ1) is 8.08. The minimum Gasteiger partial charge on any atom is -0.293 e. The molecule has 0 unspecified atom stereocenters. The fourth-order valence-corrected chi connectivity index (χ4v) is 2.71. The molecule has 1 nitrogen and oxygen atoms in total. The van der Waals surface area contributed by atoms with Gasteiger partial charge in [0, 0.05) is 6.42 Å². The van der Waals surface area contributed by atoms with Gasteiger partial charge < -0.3 is 0 Å². The molecule has 0 fully saturated rings. The number of hydrogen-bond acceptors (Lipinski definition) is 2. The van der Waals surface area contributed by atoms with Gasteiger partial charge in [-0.2, -0.15) is 0 Å². The van der Waals surface area contributed by atoms with Gasteiger partial charge in [-0.25, -0.2) is 4.39 Å². The zero-order chi connectivity index (χ0) is 12.4. The fourth-order valence-electron chi connectivity index (χ4n) is 1.41. The van der Waals surface area contributed by atoms with Crippen molar-refractivity contribution < 1.29 is 9.18 Å². The Hall–Kier alpha value is -0.900. The summed E-state index contributed by atoms with van der Waals surface area (Å²) in [7, 11) is 0. The molecule has 88 valence electrons. The molecule has 1 aromatic carbocycles. The molecule has 0 N–H and O–H groups in total. The average molecular weight is 289 g/mol. The predicted octanol–water partition coefficient (Wildman–Crippen LogP) is 4.62. The van der Waals surface area contributed by atoms with E-state index in [1.807, 2.05) is 0 Å². The molecule has 0 amide bonds. The van der Waals surface area contributed by atoms with E-state index in [2.05, 4.69) is 0 Å². The van der Waals surface area contributed by atoms with Gasteiger partial charge in [0.15, 0.2) is 5.78 Å². The second-order valence-electron chi connectivity index (χ2n) is 3.45. The van der Waals surface area contributed by atoms with Crippen LogP contribution < -0.4 is 0 Å². The molecule has 5 heteroatoms. The Kier molecular flexibility index (Phi) is 3.82. The van der Waals surface area contributed by atoms with Gasteiger partial charge >= 0.3 is 0 Å². The molecule has 0 aliphatic heterocycles. The fraction of sp³-hybridized carbons (Fsp3) is 0.0833. The molecule has 0 aliphatic rings. The summed E-state index contributed by atoms with van der Waals surface area (Å²) in [6.45, 7) is 0. The summed E-state index contributed by atoms with van der Waals surface area (Å²) in [4.78, 5) is 12.4. The third-order valence-electron chi connectivity index (χ3n) is 2.22. The van der Waals surface area contributed by atoms with Crippen LogP contribution in [-0.4, -0.2) is 5.78 Å². The van der Waals surface area contributed by atoms with Crippen LogP contribution in [0.4, 0.5) is 4.39 Å². The third-order valence-corrected chi connectivity index (χ3v) is 3.89. The number of halogens is 3. The van der Waals surface area contributed by atoms with Crippen molar-refractivity contribution in [3.8, 4) is 0 Å². The van der Waals surface area contributed by atoms with Gasteiger partial charge in [0.1, 0.15) is 5.82 Å². The summed E-state index contributed by atoms with van der Waals surface area (Å²) >= 11 is 12.8. The Labute approximate surface area is 112 Å². The van der Waals surface area contributed by atoms with Gasteiger partial charge in [0.2, 0.25) is 0 Å². The Bertz CT molecular complexity index is 565. The van der Waals surface area contributed by atoms with Gasteiger partial charge in [0.25, 0.3) is 0 Å². The van der Waals surface area contributed by atoms with Gasteiger partial charge in [-0.15, -0.1) is 11.3 Å². The number of hydrogen-bond donors (Lipinski definition) is 0. The first kappa shape index (κ1) is 12.6. The molecular weight excluding hydrogens is 282 g/mol. The van der Waals surface area contributed by atoms with Gasteiger partial charge in [-0.1, -0.05) is 29.3 Å². The Morgan fingerprint density at radius 2 is 2.00 bits per heavy atom. The van der Waals surface area contributed by atoms with Gasteiger partial charge in [-0.3, -0.25) is 4.79 Å². The maximum Gasteiger partial charge on any atom is 0.178 e. The standard InChI is InChI=1S/C12H7Cl2FOS/c13-8-3-4-17-12(8)11(16)6-7-1-2-10(15)9(14)5-7/h1-5H,6H2. The summed E-state index contributed by atoms with van der Waals surface area (Å²) < 4.78 is 12.9. The molecule has 17 heavy (non-hydrogen) atoms. The quantitative estimate of drug-likeness (QED) is 0.753. The number of rotatable bonds is 3. The van der Waals surface area contributed by atoms with Gasteiger partial charge in [0.05, 0.1) is 14.9 Å². The molecule has 0 saturated heterocycles. The van der Waals surface area contributed by atoms with E-state index in [9.17, 15) is 9.18 Å². The molecule has 0 radical (unpaired) electrons. The van der Waals surface area contributed by atoms with E-state index in [4.69, 9.17) is 23.2 Å². The van der Waals surface area contributed by atoms with Crippen molar-refractivity contribution in [3.63, 3.8) is 0 Å². The van der Waals surface area contributed by atoms with Crippen molar-refractivity contribution in [1.82, 2.24) is 0 Å². The second-order valence-corrected chi connectivity index (χ2v) is 5.18. The highest BCUT2D eigenvalue weighted by Gasteiger charge is 2.13. The van der Waals surface area contributed by atoms with Crippen molar-refractivity contribution in [2.24, 2.45) is 0 Å². The summed E-state index contributed by atoms with van der Waals surface area (Å²) in [6, 6.07) is 5.93. The SMILES string of the molecule is O=C(Cc1ccc(F)c(Cl)c1)c1sccc1Cl. The van der Waals surface area contributed by atoms with Crippen molar-refractivity contribution in [1.29, 1.82) is 0 Å². The number of carbonyl (C=O) groups excluding carboxylic acids is 1. The molecule has 0 bridgehead atoms. The molecule has 2 aromatic rings. The normalized spacial score (nSPS) is 10.5. The lowest BCUT2D eigenvalue weighted by Gasteiger charge is -2.01. The van der Waals surface area contributed by atoms with Crippen LogP contribution >= 0.6 is 34.5 Å². The lowest BCUT2D eigenvalue weighted by atomic mass is 10.1. The van der Waals surface area contributed by atoms with Crippen molar-refractivity contribution in [3.05, 3.63) is 55.9 Å². The van der Waals surface area contributed by atoms with Crippen LogP contribution in [0.3, 0.4) is 0 Å². The molecule has 0 atom stereocenters. The van der Waals surface area contributed by atoms with E-state index < -0.39 is 5.82 Å². The van der Waals surface area contributed by atoms with E-state index >= 15 is 0 Å². The zero-order valence-electron chi connectivity index (χ0n) is 8.54. The molecule has 0 saturated carbocycles. The molecule has 1 heterocycles. The van der Waals surface area contributed by atoms with Crippen LogP contribution in [0.15, 0.2) is 29.6 Å². The van der Waals surface area contributed by atoms with Crippen molar-refractivity contribution >= 4 is 40.3 Å². The Morgan fingerprint density at radius 3 is 2.59 bits per heavy atom. The van der Waals surface area contributed by atoms with Crippen LogP contribution in [-0.2, 0) is 6.42 Å². The highest BCUT2D eigenvalue weighted by molar-refractivity contribution is 7.12. The molecule has 1 aromatic heterocycles. The van der Waals surface area contributed by atoms with Crippen LogP contribution in [0.5, 0.6) is 0 Å². The number of thiophene rings is 1. The van der Waals surface area contributed by atoms with E-state index in [-0.39, 0.29) is 17.2 Å². The first-order valence-corrected chi connectivity index (χ1v) is 6.41. The second kappa shape index (κ2) is 5.17. The summed E-state index contributed by atoms with van der Waals surface area (Å²) in [6.07, 6.45) is 0.167. The van der Waals surface area contributed by atoms with Crippen LogP contribution in [0.1, 0.15) is 15.2 Å². The summed E-state index contributed by atoms with van der Waals surface area (Å²) in [5, 5.41) is 2.23. The van der Waals surface area contributed by atoms with E-state index in [0.29, 0.717) is 15.5 Å². The molecule has 0 aliphatic carbocycles. The minimum atomic E-state index is -0.489. The van der Waals surface area contributed by atoms with Crippen molar-refractivity contribution in [2.45, 2.75) is 6.42 Å². The minimum absolute atomic E-state index is 0.0209. The monoisotopic (exact) mass is 288 g/mol. The largest absolute Gasteiger partial charge is 0.293 e. The third kappa shape index (κ3) is 2.86. The Morgan fingerprint density at radius 1 is 1.24 bits per heavy atom. The van der Waals surface area contributed by atoms with E-state index in [1.54, 1.807) is 17.5 Å². The summed E-state index contributed by atoms with van der Waals surface area (Å²) in [5.41, 5.74) is 0.672. The molecule has 2 rings (SSSR count). The number of ketones is 1. The maximum absolute atomic E-state index is 12.9. The summed E-state index contributed by atoms with van der Waals surface area (Å²) in [5.74, 6) is -0.579. The van der Waals surface area contributed by atoms with Crippen molar-refractivity contribution in [2.75, 3.05) is 0 Å². The highest BCUT2D eigenvalue weighted by atomic mass is 35.5. The number of Topliss-reactive ketones (excluding diaryl/α,β-unsaturated/α-hetero) is 1. The zero-order valence-corrected chi connectivity index (χ0v) is 10.9. The van der Waals surface area contributed by atoms with Crippen LogP contribution in [0.2, 0.25) is 10.0 Å².